The van der Waals surface area contributed by atoms with Crippen molar-refractivity contribution in [2.75, 3.05) is 5.32 Å². The summed E-state index contributed by atoms with van der Waals surface area (Å²) in [5, 5.41) is 3.51. The van der Waals surface area contributed by atoms with Crippen molar-refractivity contribution in [3.05, 3.63) is 36.3 Å². The number of hydrogen-bond acceptors (Lipinski definition) is 4. The molecule has 20 heavy (non-hydrogen) atoms. The third-order valence-corrected chi connectivity index (χ3v) is 4.26. The van der Waals surface area contributed by atoms with Crippen LogP contribution in [-0.4, -0.2) is 25.7 Å². The van der Waals surface area contributed by atoms with E-state index in [1.165, 1.54) is 11.8 Å². The molecule has 2 aromatic heterocycles. The SMILES string of the molecule is CCC(Sc1nccn1C)C(=O)Nc1cccc(C)n1. The summed E-state index contributed by atoms with van der Waals surface area (Å²) in [5.74, 6) is 0.549. The van der Waals surface area contributed by atoms with Gasteiger partial charge in [0.05, 0.1) is 5.25 Å². The predicted octanol–water partition coefficient (Wildman–Crippen LogP) is 2.63. The second-order valence-corrected chi connectivity index (χ2v) is 5.66. The van der Waals surface area contributed by atoms with E-state index in [0.29, 0.717) is 5.82 Å². The van der Waals surface area contributed by atoms with Crippen LogP contribution in [0.5, 0.6) is 0 Å². The number of aromatic nitrogens is 3. The van der Waals surface area contributed by atoms with E-state index < -0.39 is 0 Å². The molecule has 0 aliphatic carbocycles. The van der Waals surface area contributed by atoms with Gasteiger partial charge in [0, 0.05) is 25.1 Å². The molecule has 1 unspecified atom stereocenters. The molecule has 1 atom stereocenters. The van der Waals surface area contributed by atoms with E-state index in [1.54, 1.807) is 12.3 Å². The highest BCUT2D eigenvalue weighted by molar-refractivity contribution is 8.00. The van der Waals surface area contributed by atoms with Gasteiger partial charge in [0.25, 0.3) is 0 Å². The minimum Gasteiger partial charge on any atom is -0.329 e. The van der Waals surface area contributed by atoms with E-state index in [1.807, 2.05) is 43.8 Å². The molecular weight excluding hydrogens is 272 g/mol. The van der Waals surface area contributed by atoms with Gasteiger partial charge in [0.1, 0.15) is 5.82 Å². The molecule has 2 aromatic rings. The normalized spacial score (nSPS) is 12.2. The third-order valence-electron chi connectivity index (χ3n) is 2.83. The van der Waals surface area contributed by atoms with Crippen LogP contribution in [0.3, 0.4) is 0 Å². The third kappa shape index (κ3) is 3.60. The average Bonchev–Trinajstić information content (AvgIpc) is 2.81. The Bertz CT molecular complexity index is 596. The number of aryl methyl sites for hydroxylation is 2. The first kappa shape index (κ1) is 14.6. The monoisotopic (exact) mass is 290 g/mol. The van der Waals surface area contributed by atoms with Gasteiger partial charge < -0.3 is 9.88 Å². The molecule has 2 rings (SSSR count). The van der Waals surface area contributed by atoms with Gasteiger partial charge in [-0.1, -0.05) is 24.8 Å². The zero-order chi connectivity index (χ0) is 14.5. The molecule has 1 amide bonds. The van der Waals surface area contributed by atoms with E-state index in [-0.39, 0.29) is 11.2 Å². The maximum absolute atomic E-state index is 12.3. The highest BCUT2D eigenvalue weighted by atomic mass is 32.2. The van der Waals surface area contributed by atoms with E-state index >= 15 is 0 Å². The summed E-state index contributed by atoms with van der Waals surface area (Å²) >= 11 is 1.47. The number of nitrogens with one attached hydrogen (secondary N) is 1. The fraction of sp³-hybridized carbons (Fsp3) is 0.357. The van der Waals surface area contributed by atoms with Crippen LogP contribution in [-0.2, 0) is 11.8 Å². The number of pyridine rings is 1. The first-order valence-corrected chi connectivity index (χ1v) is 7.36. The van der Waals surface area contributed by atoms with Gasteiger partial charge in [-0.25, -0.2) is 9.97 Å². The number of carbonyl (C=O) groups excluding carboxylic acids is 1. The number of anilines is 1. The summed E-state index contributed by atoms with van der Waals surface area (Å²) in [6.07, 6.45) is 4.33. The summed E-state index contributed by atoms with van der Waals surface area (Å²) in [7, 11) is 1.92. The quantitative estimate of drug-likeness (QED) is 0.860. The number of amides is 1. The highest BCUT2D eigenvalue weighted by Crippen LogP contribution is 2.24. The second kappa shape index (κ2) is 6.56. The van der Waals surface area contributed by atoms with Gasteiger partial charge >= 0.3 is 0 Å². The lowest BCUT2D eigenvalue weighted by Gasteiger charge is -2.14. The van der Waals surface area contributed by atoms with E-state index in [4.69, 9.17) is 0 Å². The van der Waals surface area contributed by atoms with Crippen LogP contribution < -0.4 is 5.32 Å². The van der Waals surface area contributed by atoms with Crippen LogP contribution in [0.25, 0.3) is 0 Å². The van der Waals surface area contributed by atoms with Crippen molar-refractivity contribution in [3.8, 4) is 0 Å². The minimum absolute atomic E-state index is 0.0430. The van der Waals surface area contributed by atoms with Crippen molar-refractivity contribution < 1.29 is 4.79 Å². The van der Waals surface area contributed by atoms with Crippen molar-refractivity contribution >= 4 is 23.5 Å². The van der Waals surface area contributed by atoms with Crippen molar-refractivity contribution in [3.63, 3.8) is 0 Å². The Hall–Kier alpha value is -1.82. The maximum atomic E-state index is 12.3. The number of hydrogen-bond donors (Lipinski definition) is 1. The summed E-state index contributed by atoms with van der Waals surface area (Å²) in [5.41, 5.74) is 0.882. The molecule has 0 bridgehead atoms. The lowest BCUT2D eigenvalue weighted by molar-refractivity contribution is -0.115. The van der Waals surface area contributed by atoms with Gasteiger partial charge in [-0.2, -0.15) is 0 Å². The summed E-state index contributed by atoms with van der Waals surface area (Å²) in [6, 6.07) is 5.57. The molecule has 106 valence electrons. The van der Waals surface area contributed by atoms with Gasteiger partial charge in [-0.05, 0) is 25.5 Å². The van der Waals surface area contributed by atoms with Gasteiger partial charge in [0.15, 0.2) is 5.16 Å². The highest BCUT2D eigenvalue weighted by Gasteiger charge is 2.20. The molecule has 0 aromatic carbocycles. The maximum Gasteiger partial charge on any atom is 0.239 e. The number of thioether (sulfide) groups is 1. The molecule has 5 nitrogen and oxygen atoms in total. The average molecular weight is 290 g/mol. The first-order valence-electron chi connectivity index (χ1n) is 6.48. The Morgan fingerprint density at radius 3 is 2.90 bits per heavy atom. The molecule has 2 heterocycles. The van der Waals surface area contributed by atoms with Crippen molar-refractivity contribution in [1.29, 1.82) is 0 Å². The lowest BCUT2D eigenvalue weighted by Crippen LogP contribution is -2.25. The molecule has 0 aliphatic heterocycles. The van der Waals surface area contributed by atoms with Gasteiger partial charge in [0.2, 0.25) is 5.91 Å². The second-order valence-electron chi connectivity index (χ2n) is 4.49. The Morgan fingerprint density at radius 1 is 1.50 bits per heavy atom. The zero-order valence-corrected chi connectivity index (χ0v) is 12.6. The number of rotatable bonds is 5. The van der Waals surface area contributed by atoms with Crippen LogP contribution in [0.15, 0.2) is 35.7 Å². The molecule has 0 saturated carbocycles. The predicted molar refractivity (Wildman–Crippen MR) is 80.7 cm³/mol. The molecular formula is C14H18N4OS. The Kier molecular flexibility index (Phi) is 4.79. The van der Waals surface area contributed by atoms with Gasteiger partial charge in [-0.15, -0.1) is 0 Å². The van der Waals surface area contributed by atoms with Gasteiger partial charge in [-0.3, -0.25) is 4.79 Å². The van der Waals surface area contributed by atoms with E-state index in [2.05, 4.69) is 15.3 Å². The fourth-order valence-electron chi connectivity index (χ4n) is 1.73. The molecule has 0 spiro atoms. The van der Waals surface area contributed by atoms with Crippen LogP contribution in [0.1, 0.15) is 19.0 Å². The molecule has 6 heteroatoms. The van der Waals surface area contributed by atoms with Crippen LogP contribution in [0, 0.1) is 6.92 Å². The number of carbonyl (C=O) groups is 1. The smallest absolute Gasteiger partial charge is 0.239 e. The molecule has 0 saturated heterocycles. The topological polar surface area (TPSA) is 59.8 Å². The molecule has 0 radical (unpaired) electrons. The Labute approximate surface area is 122 Å². The van der Waals surface area contributed by atoms with Crippen LogP contribution >= 0.6 is 11.8 Å². The van der Waals surface area contributed by atoms with Crippen molar-refractivity contribution in [2.45, 2.75) is 30.7 Å². The minimum atomic E-state index is -0.182. The fourth-order valence-corrected chi connectivity index (χ4v) is 2.67. The molecule has 1 N–H and O–H groups in total. The van der Waals surface area contributed by atoms with Crippen molar-refractivity contribution in [2.24, 2.45) is 7.05 Å². The summed E-state index contributed by atoms with van der Waals surface area (Å²) < 4.78 is 1.91. The van der Waals surface area contributed by atoms with Crippen molar-refractivity contribution in [1.82, 2.24) is 14.5 Å². The van der Waals surface area contributed by atoms with Crippen LogP contribution in [0.4, 0.5) is 5.82 Å². The standard InChI is InChI=1S/C14H18N4OS/c1-4-11(20-14-15-8-9-18(14)3)13(19)17-12-7-5-6-10(2)16-12/h5-9,11H,4H2,1-3H3,(H,16,17,19). The Balaban J connectivity index is 2.04. The summed E-state index contributed by atoms with van der Waals surface area (Å²) in [6.45, 7) is 3.89. The zero-order valence-electron chi connectivity index (χ0n) is 11.8. The van der Waals surface area contributed by atoms with Crippen LogP contribution in [0.2, 0.25) is 0 Å². The number of nitrogens with zero attached hydrogens (tertiary/aromatic N) is 3. The molecule has 0 aliphatic rings. The van der Waals surface area contributed by atoms with E-state index in [9.17, 15) is 4.79 Å². The number of imidazole rings is 1. The molecule has 0 fully saturated rings. The summed E-state index contributed by atoms with van der Waals surface area (Å²) in [4.78, 5) is 20.8. The Morgan fingerprint density at radius 2 is 2.30 bits per heavy atom. The van der Waals surface area contributed by atoms with E-state index in [0.717, 1.165) is 17.3 Å². The largest absolute Gasteiger partial charge is 0.329 e. The lowest BCUT2D eigenvalue weighted by atomic mass is 10.3. The first-order chi connectivity index (χ1) is 9.60.